The molecule has 0 fully saturated rings. The van der Waals surface area contributed by atoms with Gasteiger partial charge in [0.15, 0.2) is 0 Å². The maximum atomic E-state index is 11.2. The molecular weight excluding hydrogens is 252 g/mol. The van der Waals surface area contributed by atoms with Gasteiger partial charge in [-0.05, 0) is 29.8 Å². The topological polar surface area (TPSA) is 46.5 Å². The number of carboxylic acids is 1. The van der Waals surface area contributed by atoms with Crippen LogP contribution >= 0.6 is 11.6 Å². The van der Waals surface area contributed by atoms with Crippen molar-refractivity contribution in [3.63, 3.8) is 0 Å². The lowest BCUT2D eigenvalue weighted by Gasteiger charge is -2.11. The van der Waals surface area contributed by atoms with Crippen LogP contribution in [0.25, 0.3) is 11.1 Å². The van der Waals surface area contributed by atoms with Crippen molar-refractivity contribution in [3.05, 3.63) is 53.1 Å². The van der Waals surface area contributed by atoms with Crippen LogP contribution in [-0.2, 0) is 0 Å². The van der Waals surface area contributed by atoms with Crippen LogP contribution in [0.4, 0.5) is 0 Å². The van der Waals surface area contributed by atoms with Crippen molar-refractivity contribution in [2.24, 2.45) is 0 Å². The molecular formula is C14H11ClO3. The summed E-state index contributed by atoms with van der Waals surface area (Å²) < 4.78 is 5.24. The second-order valence-corrected chi connectivity index (χ2v) is 4.13. The molecule has 0 aliphatic heterocycles. The fourth-order valence-corrected chi connectivity index (χ4v) is 1.95. The van der Waals surface area contributed by atoms with Crippen molar-refractivity contribution in [1.29, 1.82) is 0 Å². The summed E-state index contributed by atoms with van der Waals surface area (Å²) in [7, 11) is 1.53. The molecule has 2 aromatic rings. The molecule has 18 heavy (non-hydrogen) atoms. The molecule has 1 N–H and O–H groups in total. The first kappa shape index (κ1) is 12.5. The standard InChI is InChI=1S/C14H11ClO3/c1-18-13-8-9(15)6-7-11(13)10-4-2-3-5-12(10)14(16)17/h2-8H,1H3,(H,16,17). The molecule has 2 aromatic carbocycles. The van der Waals surface area contributed by atoms with E-state index in [9.17, 15) is 9.90 Å². The Balaban J connectivity index is 2.65. The summed E-state index contributed by atoms with van der Waals surface area (Å²) in [5, 5.41) is 9.72. The van der Waals surface area contributed by atoms with Crippen LogP contribution in [0.2, 0.25) is 5.02 Å². The van der Waals surface area contributed by atoms with Gasteiger partial charge < -0.3 is 9.84 Å². The quantitative estimate of drug-likeness (QED) is 0.917. The first-order valence-electron chi connectivity index (χ1n) is 5.29. The number of rotatable bonds is 3. The van der Waals surface area contributed by atoms with Gasteiger partial charge in [0.2, 0.25) is 0 Å². The van der Waals surface area contributed by atoms with Gasteiger partial charge in [0, 0.05) is 10.6 Å². The van der Waals surface area contributed by atoms with E-state index in [2.05, 4.69) is 0 Å². The van der Waals surface area contributed by atoms with Gasteiger partial charge in [0.25, 0.3) is 0 Å². The van der Waals surface area contributed by atoms with E-state index < -0.39 is 5.97 Å². The maximum Gasteiger partial charge on any atom is 0.336 e. The van der Waals surface area contributed by atoms with Gasteiger partial charge in [-0.3, -0.25) is 0 Å². The van der Waals surface area contributed by atoms with E-state index in [4.69, 9.17) is 16.3 Å². The molecule has 3 nitrogen and oxygen atoms in total. The number of carbonyl (C=O) groups is 1. The molecule has 0 spiro atoms. The lowest BCUT2D eigenvalue weighted by molar-refractivity contribution is 0.0698. The van der Waals surface area contributed by atoms with E-state index >= 15 is 0 Å². The third-order valence-corrected chi connectivity index (χ3v) is 2.85. The first-order chi connectivity index (χ1) is 8.63. The number of aromatic carboxylic acids is 1. The predicted octanol–water partition coefficient (Wildman–Crippen LogP) is 3.71. The largest absolute Gasteiger partial charge is 0.496 e. The summed E-state index contributed by atoms with van der Waals surface area (Å²) in [4.78, 5) is 11.2. The minimum atomic E-state index is -0.970. The van der Waals surface area contributed by atoms with Gasteiger partial charge in [-0.25, -0.2) is 4.79 Å². The molecule has 0 aromatic heterocycles. The highest BCUT2D eigenvalue weighted by Crippen LogP contribution is 2.34. The Labute approximate surface area is 110 Å². The predicted molar refractivity (Wildman–Crippen MR) is 70.4 cm³/mol. The molecule has 0 radical (unpaired) electrons. The molecule has 0 atom stereocenters. The molecule has 0 unspecified atom stereocenters. The lowest BCUT2D eigenvalue weighted by Crippen LogP contribution is -2.00. The van der Waals surface area contributed by atoms with Crippen molar-refractivity contribution >= 4 is 17.6 Å². The Hall–Kier alpha value is -2.00. The zero-order valence-electron chi connectivity index (χ0n) is 9.68. The average Bonchev–Trinajstić information content (AvgIpc) is 2.38. The van der Waals surface area contributed by atoms with Gasteiger partial charge in [0.05, 0.1) is 12.7 Å². The molecule has 0 heterocycles. The Morgan fingerprint density at radius 3 is 2.56 bits per heavy atom. The second kappa shape index (κ2) is 5.10. The second-order valence-electron chi connectivity index (χ2n) is 3.70. The Morgan fingerprint density at radius 2 is 1.89 bits per heavy atom. The summed E-state index contributed by atoms with van der Waals surface area (Å²) in [6, 6.07) is 11.9. The molecule has 0 bridgehead atoms. The van der Waals surface area contributed by atoms with E-state index in [1.165, 1.54) is 7.11 Å². The normalized spacial score (nSPS) is 10.1. The molecule has 0 aliphatic rings. The van der Waals surface area contributed by atoms with Crippen LogP contribution < -0.4 is 4.74 Å². The number of ether oxygens (including phenoxy) is 1. The van der Waals surface area contributed by atoms with Crippen LogP contribution in [0.5, 0.6) is 5.75 Å². The monoisotopic (exact) mass is 262 g/mol. The van der Waals surface area contributed by atoms with Crippen LogP contribution in [-0.4, -0.2) is 18.2 Å². The third kappa shape index (κ3) is 2.31. The van der Waals surface area contributed by atoms with E-state index in [-0.39, 0.29) is 5.56 Å². The number of hydrogen-bond acceptors (Lipinski definition) is 2. The van der Waals surface area contributed by atoms with Crippen LogP contribution in [0.3, 0.4) is 0 Å². The first-order valence-corrected chi connectivity index (χ1v) is 5.67. The zero-order chi connectivity index (χ0) is 13.1. The summed E-state index contributed by atoms with van der Waals surface area (Å²) in [6.07, 6.45) is 0. The van der Waals surface area contributed by atoms with Crippen LogP contribution in [0.1, 0.15) is 10.4 Å². The highest BCUT2D eigenvalue weighted by atomic mass is 35.5. The fraction of sp³-hybridized carbons (Fsp3) is 0.0714. The smallest absolute Gasteiger partial charge is 0.336 e. The van der Waals surface area contributed by atoms with E-state index in [1.54, 1.807) is 42.5 Å². The van der Waals surface area contributed by atoms with Crippen LogP contribution in [0, 0.1) is 0 Å². The Bertz CT molecular complexity index is 593. The van der Waals surface area contributed by atoms with Crippen molar-refractivity contribution in [2.45, 2.75) is 0 Å². The summed E-state index contributed by atoms with van der Waals surface area (Å²) in [6.45, 7) is 0. The van der Waals surface area contributed by atoms with Crippen molar-refractivity contribution < 1.29 is 14.6 Å². The minimum Gasteiger partial charge on any atom is -0.496 e. The maximum absolute atomic E-state index is 11.2. The highest BCUT2D eigenvalue weighted by molar-refractivity contribution is 6.30. The van der Waals surface area contributed by atoms with Crippen molar-refractivity contribution in [3.8, 4) is 16.9 Å². The molecule has 0 amide bonds. The average molecular weight is 263 g/mol. The van der Waals surface area contributed by atoms with Crippen LogP contribution in [0.15, 0.2) is 42.5 Å². The molecule has 0 saturated carbocycles. The van der Waals surface area contributed by atoms with Crippen molar-refractivity contribution in [1.82, 2.24) is 0 Å². The number of benzene rings is 2. The number of hydrogen-bond donors (Lipinski definition) is 1. The molecule has 0 aliphatic carbocycles. The summed E-state index contributed by atoms with van der Waals surface area (Å²) in [5.41, 5.74) is 1.55. The van der Waals surface area contributed by atoms with Gasteiger partial charge >= 0.3 is 5.97 Å². The molecule has 2 rings (SSSR count). The number of halogens is 1. The van der Waals surface area contributed by atoms with Gasteiger partial charge in [-0.1, -0.05) is 29.8 Å². The Kier molecular flexibility index (Phi) is 3.53. The molecule has 4 heteroatoms. The van der Waals surface area contributed by atoms with E-state index in [1.807, 2.05) is 0 Å². The zero-order valence-corrected chi connectivity index (χ0v) is 10.4. The number of methoxy groups -OCH3 is 1. The Morgan fingerprint density at radius 1 is 1.17 bits per heavy atom. The van der Waals surface area contributed by atoms with E-state index in [0.29, 0.717) is 21.9 Å². The van der Waals surface area contributed by atoms with Gasteiger partial charge in [-0.2, -0.15) is 0 Å². The lowest BCUT2D eigenvalue weighted by atomic mass is 9.99. The van der Waals surface area contributed by atoms with Gasteiger partial charge in [0.1, 0.15) is 5.75 Å². The van der Waals surface area contributed by atoms with Gasteiger partial charge in [-0.15, -0.1) is 0 Å². The van der Waals surface area contributed by atoms with Crippen molar-refractivity contribution in [2.75, 3.05) is 7.11 Å². The summed E-state index contributed by atoms with van der Waals surface area (Å²) in [5.74, 6) is -0.418. The highest BCUT2D eigenvalue weighted by Gasteiger charge is 2.14. The number of carboxylic acid groups (broad SMARTS) is 1. The SMILES string of the molecule is COc1cc(Cl)ccc1-c1ccccc1C(=O)O. The molecule has 92 valence electrons. The third-order valence-electron chi connectivity index (χ3n) is 2.61. The molecule has 0 saturated heterocycles. The van der Waals surface area contributed by atoms with E-state index in [0.717, 1.165) is 0 Å². The fourth-order valence-electron chi connectivity index (χ4n) is 1.79. The minimum absolute atomic E-state index is 0.234. The summed E-state index contributed by atoms with van der Waals surface area (Å²) >= 11 is 5.89.